The van der Waals surface area contributed by atoms with E-state index < -0.39 is 0 Å². The van der Waals surface area contributed by atoms with E-state index in [1.165, 1.54) is 0 Å². The highest BCUT2D eigenvalue weighted by Gasteiger charge is 2.00. The van der Waals surface area contributed by atoms with Gasteiger partial charge in [0.25, 0.3) is 0 Å². The lowest BCUT2D eigenvalue weighted by Crippen LogP contribution is -2.42. The Morgan fingerprint density at radius 3 is 2.67 bits per heavy atom. The summed E-state index contributed by atoms with van der Waals surface area (Å²) in [7, 11) is 0. The maximum absolute atomic E-state index is 5.76. The van der Waals surface area contributed by atoms with Gasteiger partial charge in [-0.2, -0.15) is 0 Å². The summed E-state index contributed by atoms with van der Waals surface area (Å²) in [5.74, 6) is 0.472. The Labute approximate surface area is 123 Å². The number of rotatable bonds is 4. The van der Waals surface area contributed by atoms with Crippen LogP contribution in [0.25, 0.3) is 0 Å². The number of hydrogen-bond donors (Lipinski definition) is 3. The average molecular weight is 285 g/mol. The molecule has 0 aliphatic carbocycles. The van der Waals surface area contributed by atoms with E-state index >= 15 is 0 Å². The molecule has 7 nitrogen and oxygen atoms in total. The Hall–Kier alpha value is -2.83. The molecule has 2 rings (SSSR count). The molecular formula is C14H19N7. The van der Waals surface area contributed by atoms with Crippen molar-refractivity contribution in [3.05, 3.63) is 48.2 Å². The summed E-state index contributed by atoms with van der Waals surface area (Å²) in [6, 6.07) is 9.84. The van der Waals surface area contributed by atoms with Gasteiger partial charge in [-0.3, -0.25) is 10.3 Å². The van der Waals surface area contributed by atoms with Crippen molar-refractivity contribution in [3.63, 3.8) is 0 Å². The molecule has 0 aromatic heterocycles. The molecule has 1 aromatic rings. The molecule has 21 heavy (non-hydrogen) atoms. The van der Waals surface area contributed by atoms with E-state index in [9.17, 15) is 0 Å². The van der Waals surface area contributed by atoms with E-state index in [-0.39, 0.29) is 11.9 Å². The molecule has 5 N–H and O–H groups in total. The van der Waals surface area contributed by atoms with Crippen molar-refractivity contribution in [2.45, 2.75) is 6.54 Å². The van der Waals surface area contributed by atoms with Crippen LogP contribution in [0.4, 0.5) is 0 Å². The van der Waals surface area contributed by atoms with Crippen LogP contribution in [0.1, 0.15) is 5.56 Å². The Bertz CT molecular complexity index is 560. The van der Waals surface area contributed by atoms with Crippen LogP contribution in [0.3, 0.4) is 0 Å². The minimum atomic E-state index is 0.229. The molecule has 0 atom stereocenters. The molecule has 0 bridgehead atoms. The van der Waals surface area contributed by atoms with Gasteiger partial charge in [-0.05, 0) is 11.6 Å². The monoisotopic (exact) mass is 285 g/mol. The van der Waals surface area contributed by atoms with Gasteiger partial charge in [-0.1, -0.05) is 30.3 Å². The Balaban J connectivity index is 1.79. The first kappa shape index (κ1) is 14.6. The zero-order valence-corrected chi connectivity index (χ0v) is 11.7. The molecule has 0 unspecified atom stereocenters. The van der Waals surface area contributed by atoms with E-state index in [1.807, 2.05) is 47.5 Å². The van der Waals surface area contributed by atoms with Gasteiger partial charge in [0.05, 0.1) is 6.54 Å². The summed E-state index contributed by atoms with van der Waals surface area (Å²) in [6.45, 7) is 1.49. The van der Waals surface area contributed by atoms with Crippen molar-refractivity contribution in [2.24, 2.45) is 26.4 Å². The highest BCUT2D eigenvalue weighted by molar-refractivity contribution is 5.97. The summed E-state index contributed by atoms with van der Waals surface area (Å²) in [6.07, 6.45) is 5.49. The van der Waals surface area contributed by atoms with E-state index in [0.717, 1.165) is 5.56 Å². The molecule has 1 heterocycles. The highest BCUT2D eigenvalue weighted by atomic mass is 15.3. The minimum Gasteiger partial charge on any atom is -0.370 e. The van der Waals surface area contributed by atoms with Crippen LogP contribution < -0.4 is 16.8 Å². The van der Waals surface area contributed by atoms with Crippen molar-refractivity contribution < 1.29 is 0 Å². The van der Waals surface area contributed by atoms with Crippen LogP contribution in [0.2, 0.25) is 0 Å². The topological polar surface area (TPSA) is 104 Å². The van der Waals surface area contributed by atoms with Gasteiger partial charge >= 0.3 is 0 Å². The molecular weight excluding hydrogens is 266 g/mol. The second-order valence-electron chi connectivity index (χ2n) is 4.40. The Morgan fingerprint density at radius 2 is 1.95 bits per heavy atom. The van der Waals surface area contributed by atoms with Crippen LogP contribution in [-0.2, 0) is 6.54 Å². The molecule has 0 spiro atoms. The fourth-order valence-electron chi connectivity index (χ4n) is 1.65. The van der Waals surface area contributed by atoms with Crippen molar-refractivity contribution >= 4 is 18.1 Å². The van der Waals surface area contributed by atoms with Crippen molar-refractivity contribution in [3.8, 4) is 0 Å². The second kappa shape index (κ2) is 7.68. The fraction of sp³-hybridized carbons (Fsp3) is 0.214. The van der Waals surface area contributed by atoms with Crippen molar-refractivity contribution in [1.29, 1.82) is 0 Å². The minimum absolute atomic E-state index is 0.229. The number of nitrogens with zero attached hydrogens (tertiary/aromatic N) is 4. The third-order valence-electron chi connectivity index (χ3n) is 2.71. The van der Waals surface area contributed by atoms with Crippen LogP contribution >= 0.6 is 0 Å². The van der Waals surface area contributed by atoms with Crippen LogP contribution in [0.5, 0.6) is 0 Å². The highest BCUT2D eigenvalue weighted by Crippen LogP contribution is 1.99. The maximum atomic E-state index is 5.76. The predicted octanol–water partition coefficient (Wildman–Crippen LogP) is 0.221. The molecule has 110 valence electrons. The van der Waals surface area contributed by atoms with E-state index in [2.05, 4.69) is 20.3 Å². The molecule has 0 fully saturated rings. The zero-order chi connectivity index (χ0) is 14.9. The van der Waals surface area contributed by atoms with Gasteiger partial charge in [-0.25, -0.2) is 9.98 Å². The van der Waals surface area contributed by atoms with Crippen LogP contribution in [0, 0.1) is 0 Å². The maximum Gasteiger partial charge on any atom is 0.197 e. The number of hydrogen-bond acceptors (Lipinski definition) is 4. The summed E-state index contributed by atoms with van der Waals surface area (Å²) in [5.41, 5.74) is 12.6. The Morgan fingerprint density at radius 1 is 1.19 bits per heavy atom. The Kier molecular flexibility index (Phi) is 5.33. The molecule has 1 aliphatic rings. The number of aliphatic imine (C=N–C) groups is 3. The first-order valence-electron chi connectivity index (χ1n) is 6.55. The van der Waals surface area contributed by atoms with Gasteiger partial charge in [0, 0.05) is 12.4 Å². The number of nitrogens with one attached hydrogen (secondary N) is 1. The lowest BCUT2D eigenvalue weighted by atomic mass is 10.2. The average Bonchev–Trinajstić information content (AvgIpc) is 2.53. The molecule has 0 amide bonds. The SMILES string of the molecule is NC(=NCc1ccccc1)N/C(N)=N/CN1C=CC=NC1. The third-order valence-corrected chi connectivity index (χ3v) is 2.71. The third kappa shape index (κ3) is 5.35. The van der Waals surface area contributed by atoms with Gasteiger partial charge < -0.3 is 16.4 Å². The van der Waals surface area contributed by atoms with E-state index in [4.69, 9.17) is 11.5 Å². The number of guanidine groups is 2. The summed E-state index contributed by atoms with van der Waals surface area (Å²) in [5, 5.41) is 2.76. The largest absolute Gasteiger partial charge is 0.370 e. The molecule has 0 saturated heterocycles. The normalized spacial score (nSPS) is 15.3. The molecule has 0 radical (unpaired) electrons. The van der Waals surface area contributed by atoms with Crippen LogP contribution in [0.15, 0.2) is 57.6 Å². The molecule has 1 aromatic carbocycles. The quantitative estimate of drug-likeness (QED) is 0.543. The molecule has 0 saturated carbocycles. The number of benzene rings is 1. The number of allylic oxidation sites excluding steroid dienone is 1. The molecule has 1 aliphatic heterocycles. The lowest BCUT2D eigenvalue weighted by Gasteiger charge is -2.17. The second-order valence-corrected chi connectivity index (χ2v) is 4.40. The first-order valence-corrected chi connectivity index (χ1v) is 6.55. The molecule has 7 heteroatoms. The summed E-state index contributed by atoms with van der Waals surface area (Å²) >= 11 is 0. The van der Waals surface area contributed by atoms with E-state index in [1.54, 1.807) is 6.21 Å². The van der Waals surface area contributed by atoms with Crippen LogP contribution in [-0.4, -0.2) is 36.4 Å². The van der Waals surface area contributed by atoms with E-state index in [0.29, 0.717) is 19.9 Å². The van der Waals surface area contributed by atoms with Crippen molar-refractivity contribution in [1.82, 2.24) is 10.2 Å². The fourth-order valence-corrected chi connectivity index (χ4v) is 1.65. The van der Waals surface area contributed by atoms with Gasteiger partial charge in [0.1, 0.15) is 13.3 Å². The lowest BCUT2D eigenvalue weighted by molar-refractivity contribution is 0.399. The summed E-state index contributed by atoms with van der Waals surface area (Å²) in [4.78, 5) is 14.4. The first-order chi connectivity index (χ1) is 10.2. The van der Waals surface area contributed by atoms with Crippen molar-refractivity contribution in [2.75, 3.05) is 13.3 Å². The van der Waals surface area contributed by atoms with Gasteiger partial charge in [0.15, 0.2) is 11.9 Å². The standard InChI is InChI=1S/C14H19N7/c15-13(18-9-12-5-2-1-3-6-12)20-14(16)19-11-21-8-4-7-17-10-21/h1-8H,9-11H2,(H5,15,16,18,19,20). The van der Waals surface area contributed by atoms with Gasteiger partial charge in [-0.15, -0.1) is 0 Å². The predicted molar refractivity (Wildman–Crippen MR) is 85.7 cm³/mol. The zero-order valence-electron chi connectivity index (χ0n) is 11.7. The smallest absolute Gasteiger partial charge is 0.197 e. The number of nitrogens with two attached hydrogens (primary N) is 2. The summed E-state index contributed by atoms with van der Waals surface area (Å²) < 4.78 is 0. The van der Waals surface area contributed by atoms with Gasteiger partial charge in [0.2, 0.25) is 0 Å².